The van der Waals surface area contributed by atoms with E-state index >= 15 is 0 Å². The number of aromatic amines is 1. The van der Waals surface area contributed by atoms with Gasteiger partial charge in [0.2, 0.25) is 0 Å². The lowest BCUT2D eigenvalue weighted by Crippen LogP contribution is -2.11. The number of aromatic nitrogens is 2. The van der Waals surface area contributed by atoms with Gasteiger partial charge in [-0.15, -0.1) is 0 Å². The number of rotatable bonds is 4. The fourth-order valence-electron chi connectivity index (χ4n) is 2.51. The average molecular weight is 300 g/mol. The first-order chi connectivity index (χ1) is 10.6. The Morgan fingerprint density at radius 3 is 2.86 bits per heavy atom. The summed E-state index contributed by atoms with van der Waals surface area (Å²) in [5, 5.41) is 7.21. The maximum Gasteiger partial charge on any atom is 0.338 e. The number of hydrogen-bond acceptors (Lipinski definition) is 4. The van der Waals surface area contributed by atoms with E-state index in [0.717, 1.165) is 23.4 Å². The monoisotopic (exact) mass is 300 g/mol. The Labute approximate surface area is 129 Å². The molecular weight excluding hydrogens is 280 g/mol. The number of esters is 1. The van der Waals surface area contributed by atoms with Gasteiger partial charge in [-0.2, -0.15) is 5.10 Å². The minimum Gasteiger partial charge on any atom is -0.455 e. The first kappa shape index (κ1) is 14.8. The van der Waals surface area contributed by atoms with E-state index < -0.39 is 0 Å². The smallest absolute Gasteiger partial charge is 0.338 e. The van der Waals surface area contributed by atoms with Crippen molar-refractivity contribution in [1.82, 2.24) is 10.2 Å². The molecule has 1 aliphatic rings. The summed E-state index contributed by atoms with van der Waals surface area (Å²) in [6.07, 6.45) is 0.826. The van der Waals surface area contributed by atoms with E-state index in [1.807, 2.05) is 12.1 Å². The van der Waals surface area contributed by atoms with Gasteiger partial charge < -0.3 is 9.47 Å². The van der Waals surface area contributed by atoms with Crippen LogP contribution in [0.15, 0.2) is 24.3 Å². The van der Waals surface area contributed by atoms with Crippen LogP contribution in [0.1, 0.15) is 52.6 Å². The van der Waals surface area contributed by atoms with Crippen molar-refractivity contribution in [3.05, 3.63) is 52.3 Å². The number of nitrogens with one attached hydrogen (secondary N) is 1. The van der Waals surface area contributed by atoms with Gasteiger partial charge in [0.05, 0.1) is 18.8 Å². The predicted octanol–water partition coefficient (Wildman–Crippen LogP) is 2.96. The third-order valence-corrected chi connectivity index (χ3v) is 3.93. The molecule has 0 saturated heterocycles. The van der Waals surface area contributed by atoms with Crippen molar-refractivity contribution in [2.75, 3.05) is 6.61 Å². The van der Waals surface area contributed by atoms with E-state index in [2.05, 4.69) is 24.0 Å². The van der Waals surface area contributed by atoms with Gasteiger partial charge >= 0.3 is 5.97 Å². The van der Waals surface area contributed by atoms with Crippen LogP contribution in [-0.4, -0.2) is 22.8 Å². The summed E-state index contributed by atoms with van der Waals surface area (Å²) in [4.78, 5) is 12.1. The lowest BCUT2D eigenvalue weighted by Gasteiger charge is -2.12. The molecule has 1 N–H and O–H groups in total. The van der Waals surface area contributed by atoms with E-state index in [4.69, 9.17) is 9.47 Å². The molecule has 1 aliphatic heterocycles. The second-order valence-corrected chi connectivity index (χ2v) is 5.78. The third kappa shape index (κ3) is 3.04. The van der Waals surface area contributed by atoms with Crippen LogP contribution in [0, 0.1) is 0 Å². The van der Waals surface area contributed by atoms with E-state index in [9.17, 15) is 4.79 Å². The number of hydrogen-bond donors (Lipinski definition) is 1. The number of ether oxygens (including phenoxy) is 2. The quantitative estimate of drug-likeness (QED) is 0.882. The van der Waals surface area contributed by atoms with Crippen LogP contribution in [0.2, 0.25) is 0 Å². The molecule has 0 fully saturated rings. The Kier molecular flexibility index (Phi) is 4.24. The number of fused-ring (bicyclic) bond motifs is 1. The number of carbonyl (C=O) groups is 1. The van der Waals surface area contributed by atoms with Crippen molar-refractivity contribution in [3.8, 4) is 0 Å². The van der Waals surface area contributed by atoms with Crippen molar-refractivity contribution in [2.45, 2.75) is 39.4 Å². The molecule has 5 nitrogen and oxygen atoms in total. The average Bonchev–Trinajstić information content (AvgIpc) is 2.96. The van der Waals surface area contributed by atoms with Gasteiger partial charge in [-0.3, -0.25) is 5.10 Å². The summed E-state index contributed by atoms with van der Waals surface area (Å²) in [6, 6.07) is 7.54. The normalized spacial score (nSPS) is 14.0. The number of carbonyl (C=O) groups excluding carboxylic acids is 1. The molecule has 3 rings (SSSR count). The highest BCUT2D eigenvalue weighted by atomic mass is 16.5. The molecule has 0 radical (unpaired) electrons. The Hall–Kier alpha value is -2.14. The van der Waals surface area contributed by atoms with Gasteiger partial charge in [0.1, 0.15) is 12.3 Å². The minimum atomic E-state index is -0.330. The van der Waals surface area contributed by atoms with Gasteiger partial charge in [-0.05, 0) is 23.6 Å². The SMILES string of the molecule is CC(C)c1ccc(C(=O)OCc2n[nH]c3c2COCC3)cc1. The van der Waals surface area contributed by atoms with Crippen LogP contribution in [0.5, 0.6) is 0 Å². The first-order valence-electron chi connectivity index (χ1n) is 7.55. The van der Waals surface area contributed by atoms with E-state index in [1.165, 1.54) is 5.56 Å². The maximum atomic E-state index is 12.1. The predicted molar refractivity (Wildman–Crippen MR) is 81.6 cm³/mol. The molecule has 0 bridgehead atoms. The van der Waals surface area contributed by atoms with Crippen molar-refractivity contribution in [2.24, 2.45) is 0 Å². The van der Waals surface area contributed by atoms with Crippen LogP contribution in [0.25, 0.3) is 0 Å². The number of nitrogens with zero attached hydrogens (tertiary/aromatic N) is 1. The Balaban J connectivity index is 1.63. The van der Waals surface area contributed by atoms with Crippen LogP contribution in [0.4, 0.5) is 0 Å². The van der Waals surface area contributed by atoms with Crippen LogP contribution >= 0.6 is 0 Å². The van der Waals surface area contributed by atoms with Gasteiger partial charge in [-0.25, -0.2) is 4.79 Å². The number of H-pyrrole nitrogens is 1. The van der Waals surface area contributed by atoms with Crippen LogP contribution in [0.3, 0.4) is 0 Å². The second-order valence-electron chi connectivity index (χ2n) is 5.78. The summed E-state index contributed by atoms with van der Waals surface area (Å²) < 4.78 is 10.8. The largest absolute Gasteiger partial charge is 0.455 e. The molecule has 1 aromatic carbocycles. The standard InChI is InChI=1S/C17H20N2O3/c1-11(2)12-3-5-13(6-4-12)17(20)22-10-16-14-9-21-8-7-15(14)18-19-16/h3-6,11H,7-10H2,1-2H3,(H,18,19). The topological polar surface area (TPSA) is 64.2 Å². The van der Waals surface area contributed by atoms with Gasteiger partial charge in [-0.1, -0.05) is 26.0 Å². The van der Waals surface area contributed by atoms with Gasteiger partial charge in [0, 0.05) is 17.7 Å². The van der Waals surface area contributed by atoms with Crippen molar-refractivity contribution in [1.29, 1.82) is 0 Å². The lowest BCUT2D eigenvalue weighted by molar-refractivity contribution is 0.0461. The summed E-state index contributed by atoms with van der Waals surface area (Å²) in [5.41, 5.74) is 4.62. The molecule has 22 heavy (non-hydrogen) atoms. The second kappa shape index (κ2) is 6.32. The molecule has 116 valence electrons. The molecule has 0 unspecified atom stereocenters. The third-order valence-electron chi connectivity index (χ3n) is 3.93. The van der Waals surface area contributed by atoms with Crippen LogP contribution in [-0.2, 0) is 29.1 Å². The molecule has 0 atom stereocenters. The highest BCUT2D eigenvalue weighted by Gasteiger charge is 2.18. The van der Waals surface area contributed by atoms with Gasteiger partial charge in [0.15, 0.2) is 0 Å². The molecule has 0 spiro atoms. The van der Waals surface area contributed by atoms with Crippen molar-refractivity contribution >= 4 is 5.97 Å². The maximum absolute atomic E-state index is 12.1. The molecule has 5 heteroatoms. The molecule has 2 aromatic rings. The minimum absolute atomic E-state index is 0.167. The summed E-state index contributed by atoms with van der Waals surface area (Å²) in [5.74, 6) is 0.115. The zero-order valence-electron chi connectivity index (χ0n) is 12.9. The van der Waals surface area contributed by atoms with Crippen molar-refractivity contribution < 1.29 is 14.3 Å². The molecule has 0 saturated carbocycles. The number of benzene rings is 1. The Bertz CT molecular complexity index is 659. The van der Waals surface area contributed by atoms with E-state index in [-0.39, 0.29) is 12.6 Å². The fraction of sp³-hybridized carbons (Fsp3) is 0.412. The van der Waals surface area contributed by atoms with Crippen molar-refractivity contribution in [3.63, 3.8) is 0 Å². The summed E-state index contributed by atoms with van der Waals surface area (Å²) >= 11 is 0. The first-order valence-corrected chi connectivity index (χ1v) is 7.55. The summed E-state index contributed by atoms with van der Waals surface area (Å²) in [7, 11) is 0. The molecule has 1 aromatic heterocycles. The zero-order valence-corrected chi connectivity index (χ0v) is 12.9. The Morgan fingerprint density at radius 2 is 2.14 bits per heavy atom. The highest BCUT2D eigenvalue weighted by Crippen LogP contribution is 2.19. The van der Waals surface area contributed by atoms with Crippen LogP contribution < -0.4 is 0 Å². The van der Waals surface area contributed by atoms with Gasteiger partial charge in [0.25, 0.3) is 0 Å². The molecule has 0 amide bonds. The zero-order chi connectivity index (χ0) is 15.5. The van der Waals surface area contributed by atoms with E-state index in [1.54, 1.807) is 12.1 Å². The molecular formula is C17H20N2O3. The highest BCUT2D eigenvalue weighted by molar-refractivity contribution is 5.89. The summed E-state index contributed by atoms with van der Waals surface area (Å²) in [6.45, 7) is 5.64. The Morgan fingerprint density at radius 1 is 1.36 bits per heavy atom. The molecule has 2 heterocycles. The molecule has 0 aliphatic carbocycles. The van der Waals surface area contributed by atoms with E-state index in [0.29, 0.717) is 24.7 Å². The fourth-order valence-corrected chi connectivity index (χ4v) is 2.51. The lowest BCUT2D eigenvalue weighted by atomic mass is 10.0.